The molecule has 68 valence electrons. The number of halogens is 2. The van der Waals surface area contributed by atoms with Crippen LogP contribution < -0.4 is 5.32 Å². The van der Waals surface area contributed by atoms with E-state index in [4.69, 9.17) is 5.26 Å². The van der Waals surface area contributed by atoms with Gasteiger partial charge < -0.3 is 5.32 Å². The number of nitrogens with one attached hydrogen (secondary N) is 1. The molecule has 0 aliphatic rings. The van der Waals surface area contributed by atoms with Gasteiger partial charge in [-0.25, -0.2) is 8.78 Å². The van der Waals surface area contributed by atoms with Gasteiger partial charge in [0.15, 0.2) is 0 Å². The summed E-state index contributed by atoms with van der Waals surface area (Å²) in [5.41, 5.74) is 1.11. The van der Waals surface area contributed by atoms with Gasteiger partial charge in [0.2, 0.25) is 0 Å². The third-order valence-corrected chi connectivity index (χ3v) is 1.47. The second kappa shape index (κ2) is 4.41. The molecular weight excluding hydrogens is 174 g/mol. The monoisotopic (exact) mass is 182 g/mol. The summed E-state index contributed by atoms with van der Waals surface area (Å²) in [5.74, 6) is 0. The van der Waals surface area contributed by atoms with Gasteiger partial charge in [-0.05, 0) is 24.3 Å². The molecule has 1 aromatic carbocycles. The fourth-order valence-corrected chi connectivity index (χ4v) is 0.858. The van der Waals surface area contributed by atoms with Gasteiger partial charge in [-0.15, -0.1) is 0 Å². The Labute approximate surface area is 74.8 Å². The second-order valence-electron chi connectivity index (χ2n) is 2.46. The molecule has 0 fully saturated rings. The number of hydrogen-bond acceptors (Lipinski definition) is 2. The Kier molecular flexibility index (Phi) is 3.21. The lowest BCUT2D eigenvalue weighted by Crippen LogP contribution is -2.09. The summed E-state index contributed by atoms with van der Waals surface area (Å²) in [6, 6.07) is 8.29. The molecule has 0 radical (unpaired) electrons. The average Bonchev–Trinajstić information content (AvgIpc) is 2.15. The summed E-state index contributed by atoms with van der Waals surface area (Å²) >= 11 is 0. The van der Waals surface area contributed by atoms with E-state index in [2.05, 4.69) is 5.32 Å². The van der Waals surface area contributed by atoms with E-state index in [1.807, 2.05) is 6.07 Å². The molecule has 0 aliphatic heterocycles. The van der Waals surface area contributed by atoms with Crippen molar-refractivity contribution in [3.05, 3.63) is 29.8 Å². The van der Waals surface area contributed by atoms with E-state index < -0.39 is 6.43 Å². The van der Waals surface area contributed by atoms with Crippen LogP contribution in [-0.2, 0) is 0 Å². The Balaban J connectivity index is 2.55. The van der Waals surface area contributed by atoms with Crippen LogP contribution >= 0.6 is 0 Å². The van der Waals surface area contributed by atoms with Gasteiger partial charge in [0.25, 0.3) is 6.43 Å². The summed E-state index contributed by atoms with van der Waals surface area (Å²) in [4.78, 5) is 0. The Hall–Kier alpha value is -1.63. The van der Waals surface area contributed by atoms with Crippen molar-refractivity contribution in [2.75, 3.05) is 11.9 Å². The van der Waals surface area contributed by atoms with E-state index >= 15 is 0 Å². The van der Waals surface area contributed by atoms with E-state index in [0.717, 1.165) is 0 Å². The summed E-state index contributed by atoms with van der Waals surface area (Å²) < 4.78 is 23.5. The van der Waals surface area contributed by atoms with Gasteiger partial charge in [-0.3, -0.25) is 0 Å². The molecule has 0 bridgehead atoms. The molecule has 1 N–H and O–H groups in total. The highest BCUT2D eigenvalue weighted by atomic mass is 19.3. The van der Waals surface area contributed by atoms with Gasteiger partial charge in [-0.2, -0.15) is 5.26 Å². The van der Waals surface area contributed by atoms with Crippen molar-refractivity contribution in [2.24, 2.45) is 0 Å². The molecule has 13 heavy (non-hydrogen) atoms. The largest absolute Gasteiger partial charge is 0.379 e. The van der Waals surface area contributed by atoms with E-state index in [-0.39, 0.29) is 6.54 Å². The molecule has 0 aromatic heterocycles. The number of alkyl halides is 2. The first-order valence-corrected chi connectivity index (χ1v) is 3.74. The molecule has 0 amide bonds. The minimum Gasteiger partial charge on any atom is -0.379 e. The Morgan fingerprint density at radius 2 is 1.92 bits per heavy atom. The second-order valence-corrected chi connectivity index (χ2v) is 2.46. The van der Waals surface area contributed by atoms with E-state index in [1.165, 1.54) is 0 Å². The minimum atomic E-state index is -2.37. The first-order valence-electron chi connectivity index (χ1n) is 3.74. The number of benzene rings is 1. The molecule has 0 heterocycles. The molecule has 0 aliphatic carbocycles. The Morgan fingerprint density at radius 3 is 2.38 bits per heavy atom. The number of hydrogen-bond donors (Lipinski definition) is 1. The third-order valence-electron chi connectivity index (χ3n) is 1.47. The lowest BCUT2D eigenvalue weighted by molar-refractivity contribution is 0.163. The fourth-order valence-electron chi connectivity index (χ4n) is 0.858. The average molecular weight is 182 g/mol. The molecular formula is C9H8F2N2. The normalized spacial score (nSPS) is 9.69. The maximum absolute atomic E-state index is 11.8. The molecule has 0 saturated carbocycles. The van der Waals surface area contributed by atoms with Gasteiger partial charge >= 0.3 is 0 Å². The van der Waals surface area contributed by atoms with Crippen molar-refractivity contribution in [3.8, 4) is 6.07 Å². The zero-order chi connectivity index (χ0) is 9.68. The predicted molar refractivity (Wildman–Crippen MR) is 45.7 cm³/mol. The molecule has 0 atom stereocenters. The lowest BCUT2D eigenvalue weighted by atomic mass is 10.2. The predicted octanol–water partition coefficient (Wildman–Crippen LogP) is 2.24. The minimum absolute atomic E-state index is 0.369. The number of rotatable bonds is 3. The van der Waals surface area contributed by atoms with E-state index in [1.54, 1.807) is 24.3 Å². The summed E-state index contributed by atoms with van der Waals surface area (Å²) in [5, 5.41) is 11.0. The fraction of sp³-hybridized carbons (Fsp3) is 0.222. The van der Waals surface area contributed by atoms with Crippen LogP contribution in [0.4, 0.5) is 14.5 Å². The Morgan fingerprint density at radius 1 is 1.31 bits per heavy atom. The van der Waals surface area contributed by atoms with Gasteiger partial charge in [-0.1, -0.05) is 0 Å². The van der Waals surface area contributed by atoms with Crippen LogP contribution in [0.1, 0.15) is 5.56 Å². The summed E-state index contributed by atoms with van der Waals surface area (Å²) in [6.45, 7) is -0.369. The van der Waals surface area contributed by atoms with Crippen LogP contribution in [0.15, 0.2) is 24.3 Å². The molecule has 1 aromatic rings. The van der Waals surface area contributed by atoms with Gasteiger partial charge in [0.05, 0.1) is 18.2 Å². The molecule has 0 saturated heterocycles. The van der Waals surface area contributed by atoms with Crippen LogP contribution in [0.5, 0.6) is 0 Å². The van der Waals surface area contributed by atoms with Crippen LogP contribution in [0.25, 0.3) is 0 Å². The van der Waals surface area contributed by atoms with Crippen LogP contribution in [0, 0.1) is 11.3 Å². The zero-order valence-electron chi connectivity index (χ0n) is 6.80. The maximum atomic E-state index is 11.8. The molecule has 1 rings (SSSR count). The van der Waals surface area contributed by atoms with Crippen molar-refractivity contribution < 1.29 is 8.78 Å². The topological polar surface area (TPSA) is 35.8 Å². The van der Waals surface area contributed by atoms with Crippen molar-refractivity contribution >= 4 is 5.69 Å². The van der Waals surface area contributed by atoms with Gasteiger partial charge in [0.1, 0.15) is 0 Å². The highest BCUT2D eigenvalue weighted by Gasteiger charge is 2.00. The molecule has 0 unspecified atom stereocenters. The maximum Gasteiger partial charge on any atom is 0.255 e. The van der Waals surface area contributed by atoms with E-state index in [0.29, 0.717) is 11.3 Å². The highest BCUT2D eigenvalue weighted by Crippen LogP contribution is 2.08. The van der Waals surface area contributed by atoms with Gasteiger partial charge in [0, 0.05) is 5.69 Å². The smallest absolute Gasteiger partial charge is 0.255 e. The molecule has 0 spiro atoms. The Bertz CT molecular complexity index is 300. The first kappa shape index (κ1) is 9.46. The standard InChI is InChI=1S/C9H8F2N2/c10-9(11)6-13-8-3-1-7(5-12)2-4-8/h1-4,9,13H,6H2. The van der Waals surface area contributed by atoms with Crippen molar-refractivity contribution in [2.45, 2.75) is 6.43 Å². The third kappa shape index (κ3) is 3.08. The van der Waals surface area contributed by atoms with Crippen LogP contribution in [-0.4, -0.2) is 13.0 Å². The van der Waals surface area contributed by atoms with Crippen molar-refractivity contribution in [3.63, 3.8) is 0 Å². The summed E-state index contributed by atoms with van der Waals surface area (Å²) in [6.07, 6.45) is -2.37. The number of anilines is 1. The van der Waals surface area contributed by atoms with E-state index in [9.17, 15) is 8.78 Å². The van der Waals surface area contributed by atoms with Crippen LogP contribution in [0.3, 0.4) is 0 Å². The van der Waals surface area contributed by atoms with Crippen molar-refractivity contribution in [1.82, 2.24) is 0 Å². The molecule has 4 heteroatoms. The SMILES string of the molecule is N#Cc1ccc(NCC(F)F)cc1. The lowest BCUT2D eigenvalue weighted by Gasteiger charge is -2.04. The number of nitriles is 1. The zero-order valence-corrected chi connectivity index (χ0v) is 6.80. The highest BCUT2D eigenvalue weighted by molar-refractivity contribution is 5.47. The van der Waals surface area contributed by atoms with Crippen molar-refractivity contribution in [1.29, 1.82) is 5.26 Å². The first-order chi connectivity index (χ1) is 6.22. The summed E-state index contributed by atoms with van der Waals surface area (Å²) in [7, 11) is 0. The molecule has 2 nitrogen and oxygen atoms in total. The van der Waals surface area contributed by atoms with Crippen LogP contribution in [0.2, 0.25) is 0 Å². The quantitative estimate of drug-likeness (QED) is 0.778. The number of nitrogens with zero attached hydrogens (tertiary/aromatic N) is 1.